The Balaban J connectivity index is 1.53. The second kappa shape index (κ2) is 9.36. The van der Waals surface area contributed by atoms with Crippen molar-refractivity contribution in [3.8, 4) is 33.3 Å². The first kappa shape index (κ1) is 22.2. The number of benzene rings is 3. The molecule has 3 aromatic carbocycles. The molecule has 0 radical (unpaired) electrons. The number of aliphatic hydroxyl groups is 3. The molecule has 0 fully saturated rings. The predicted molar refractivity (Wildman–Crippen MR) is 132 cm³/mol. The van der Waals surface area contributed by atoms with Gasteiger partial charge in [-0.15, -0.1) is 11.3 Å². The second-order valence-electron chi connectivity index (χ2n) is 7.82. The Morgan fingerprint density at radius 2 is 1.71 bits per heavy atom. The zero-order valence-electron chi connectivity index (χ0n) is 18.5. The maximum Gasteiger partial charge on any atom is 0.128 e. The van der Waals surface area contributed by atoms with Crippen LogP contribution in [-0.4, -0.2) is 37.0 Å². The first-order chi connectivity index (χ1) is 16.6. The quantitative estimate of drug-likeness (QED) is 0.326. The summed E-state index contributed by atoms with van der Waals surface area (Å²) in [5.41, 5.74) is 6.50. The number of methoxy groups -OCH3 is 1. The number of hydrogen-bond acceptors (Lipinski definition) is 7. The van der Waals surface area contributed by atoms with Gasteiger partial charge in [-0.05, 0) is 59.2 Å². The van der Waals surface area contributed by atoms with Crippen molar-refractivity contribution in [1.82, 2.24) is 14.5 Å². The summed E-state index contributed by atoms with van der Waals surface area (Å²) in [5, 5.41) is 29.8. The van der Waals surface area contributed by atoms with Gasteiger partial charge in [-0.1, -0.05) is 12.1 Å². The number of hydrogen-bond donors (Lipinski definition) is 3. The lowest BCUT2D eigenvalue weighted by Gasteiger charge is -2.16. The van der Waals surface area contributed by atoms with Gasteiger partial charge in [0.25, 0.3) is 0 Å². The third-order valence-corrected chi connectivity index (χ3v) is 6.81. The average molecular weight is 474 g/mol. The number of imidazole rings is 1. The zero-order valence-corrected chi connectivity index (χ0v) is 19.3. The van der Waals surface area contributed by atoms with Crippen LogP contribution in [0, 0.1) is 0 Å². The van der Waals surface area contributed by atoms with E-state index in [4.69, 9.17) is 9.72 Å². The number of fused-ring (bicyclic) bond motifs is 1. The minimum Gasteiger partial charge on any atom is -0.496 e. The summed E-state index contributed by atoms with van der Waals surface area (Å²) in [7, 11) is 1.57. The van der Waals surface area contributed by atoms with E-state index in [0.717, 1.165) is 43.3 Å². The highest BCUT2D eigenvalue weighted by Crippen LogP contribution is 2.37. The molecule has 0 aliphatic carbocycles. The van der Waals surface area contributed by atoms with Gasteiger partial charge < -0.3 is 20.1 Å². The fourth-order valence-electron chi connectivity index (χ4n) is 4.05. The van der Waals surface area contributed by atoms with Crippen LogP contribution in [-0.2, 0) is 19.8 Å². The minimum absolute atomic E-state index is 0.0105. The Kier molecular flexibility index (Phi) is 6.12. The van der Waals surface area contributed by atoms with Crippen molar-refractivity contribution in [2.24, 2.45) is 0 Å². The number of thiazole rings is 1. The van der Waals surface area contributed by atoms with Crippen LogP contribution < -0.4 is 4.74 Å². The molecule has 5 aromatic rings. The SMILES string of the molecule is COc1cc(CO)cc(CO)c1-c1cncn1-c1ccc(-c2nc3ccc(CO)cc3s2)cc1. The van der Waals surface area contributed by atoms with E-state index in [-0.39, 0.29) is 19.8 Å². The van der Waals surface area contributed by atoms with Crippen molar-refractivity contribution in [3.05, 3.63) is 83.8 Å². The van der Waals surface area contributed by atoms with E-state index in [1.807, 2.05) is 47.0 Å². The lowest BCUT2D eigenvalue weighted by atomic mass is 10.0. The van der Waals surface area contributed by atoms with E-state index in [1.54, 1.807) is 43.1 Å². The van der Waals surface area contributed by atoms with Crippen LogP contribution >= 0.6 is 11.3 Å². The predicted octanol–water partition coefficient (Wildman–Crippen LogP) is 4.30. The van der Waals surface area contributed by atoms with Crippen LogP contribution in [0.1, 0.15) is 16.7 Å². The molecule has 0 aliphatic rings. The lowest BCUT2D eigenvalue weighted by Crippen LogP contribution is -2.02. The molecule has 0 saturated heterocycles. The molecule has 2 heterocycles. The fraction of sp³-hybridized carbons (Fsp3) is 0.154. The second-order valence-corrected chi connectivity index (χ2v) is 8.85. The first-order valence-corrected chi connectivity index (χ1v) is 11.5. The summed E-state index contributed by atoms with van der Waals surface area (Å²) in [6.45, 7) is -0.326. The summed E-state index contributed by atoms with van der Waals surface area (Å²) in [5.74, 6) is 0.561. The van der Waals surface area contributed by atoms with Gasteiger partial charge in [-0.2, -0.15) is 0 Å². The number of aromatic nitrogens is 3. The van der Waals surface area contributed by atoms with Crippen molar-refractivity contribution in [2.45, 2.75) is 19.8 Å². The Morgan fingerprint density at radius 3 is 2.41 bits per heavy atom. The molecule has 34 heavy (non-hydrogen) atoms. The monoisotopic (exact) mass is 473 g/mol. The number of nitrogens with zero attached hydrogens (tertiary/aromatic N) is 3. The molecule has 172 valence electrons. The molecule has 8 heteroatoms. The standard InChI is InChI=1S/C26H23N3O4S/c1-33-23-9-17(13-31)8-19(14-32)25(23)22-11-27-15-29(22)20-5-3-18(4-6-20)26-28-21-7-2-16(12-30)10-24(21)34-26/h2-11,15,30-32H,12-14H2,1H3. The molecule has 3 N–H and O–H groups in total. The van der Waals surface area contributed by atoms with Crippen molar-refractivity contribution in [1.29, 1.82) is 0 Å². The van der Waals surface area contributed by atoms with E-state index in [1.165, 1.54) is 0 Å². The van der Waals surface area contributed by atoms with Gasteiger partial charge in [-0.3, -0.25) is 4.57 Å². The maximum absolute atomic E-state index is 9.99. The van der Waals surface area contributed by atoms with Gasteiger partial charge in [0.2, 0.25) is 0 Å². The lowest BCUT2D eigenvalue weighted by molar-refractivity contribution is 0.274. The Morgan fingerprint density at radius 1 is 0.912 bits per heavy atom. The molecule has 0 aliphatic heterocycles. The molecule has 0 unspecified atom stereocenters. The number of rotatable bonds is 7. The fourth-order valence-corrected chi connectivity index (χ4v) is 5.08. The third-order valence-electron chi connectivity index (χ3n) is 5.74. The summed E-state index contributed by atoms with van der Waals surface area (Å²) in [6.07, 6.45) is 3.45. The highest BCUT2D eigenvalue weighted by atomic mass is 32.1. The van der Waals surface area contributed by atoms with Crippen LogP contribution in [0.3, 0.4) is 0 Å². The minimum atomic E-state index is -0.195. The first-order valence-electron chi connectivity index (χ1n) is 10.7. The summed E-state index contributed by atoms with van der Waals surface area (Å²) in [6, 6.07) is 17.4. The largest absolute Gasteiger partial charge is 0.496 e. The molecule has 0 spiro atoms. The van der Waals surface area contributed by atoms with Crippen LogP contribution in [0.5, 0.6) is 5.75 Å². The smallest absolute Gasteiger partial charge is 0.128 e. The van der Waals surface area contributed by atoms with E-state index in [9.17, 15) is 15.3 Å². The summed E-state index contributed by atoms with van der Waals surface area (Å²) >= 11 is 1.59. The number of aliphatic hydroxyl groups excluding tert-OH is 3. The van der Waals surface area contributed by atoms with Crippen molar-refractivity contribution < 1.29 is 20.1 Å². The van der Waals surface area contributed by atoms with Crippen LogP contribution in [0.2, 0.25) is 0 Å². The van der Waals surface area contributed by atoms with Gasteiger partial charge >= 0.3 is 0 Å². The van der Waals surface area contributed by atoms with Gasteiger partial charge in [0.15, 0.2) is 0 Å². The Hall–Kier alpha value is -3.56. The normalized spacial score (nSPS) is 11.3. The maximum atomic E-state index is 9.99. The Labute approximate surface area is 200 Å². The molecular formula is C26H23N3O4S. The summed E-state index contributed by atoms with van der Waals surface area (Å²) < 4.78 is 8.56. The molecule has 0 saturated carbocycles. The van der Waals surface area contributed by atoms with Gasteiger partial charge in [0.05, 0.1) is 55.4 Å². The molecule has 0 atom stereocenters. The third kappa shape index (κ3) is 3.97. The van der Waals surface area contributed by atoms with Crippen LogP contribution in [0.25, 0.3) is 37.7 Å². The molecule has 0 amide bonds. The van der Waals surface area contributed by atoms with E-state index in [2.05, 4.69) is 4.98 Å². The van der Waals surface area contributed by atoms with Gasteiger partial charge in [-0.25, -0.2) is 9.97 Å². The van der Waals surface area contributed by atoms with E-state index >= 15 is 0 Å². The van der Waals surface area contributed by atoms with Crippen molar-refractivity contribution >= 4 is 21.6 Å². The van der Waals surface area contributed by atoms with Gasteiger partial charge in [0, 0.05) is 16.8 Å². The van der Waals surface area contributed by atoms with Crippen LogP contribution in [0.4, 0.5) is 0 Å². The van der Waals surface area contributed by atoms with E-state index < -0.39 is 0 Å². The Bertz CT molecular complexity index is 1430. The molecule has 5 rings (SSSR count). The number of ether oxygens (including phenoxy) is 1. The molecule has 0 bridgehead atoms. The van der Waals surface area contributed by atoms with Gasteiger partial charge in [0.1, 0.15) is 10.8 Å². The molecule has 2 aromatic heterocycles. The molecular weight excluding hydrogens is 450 g/mol. The van der Waals surface area contributed by atoms with Crippen molar-refractivity contribution in [2.75, 3.05) is 7.11 Å². The van der Waals surface area contributed by atoms with Crippen LogP contribution in [0.15, 0.2) is 67.1 Å². The highest BCUT2D eigenvalue weighted by molar-refractivity contribution is 7.21. The van der Waals surface area contributed by atoms with Crippen molar-refractivity contribution in [3.63, 3.8) is 0 Å². The summed E-state index contributed by atoms with van der Waals surface area (Å²) in [4.78, 5) is 9.07. The molecule has 7 nitrogen and oxygen atoms in total. The topological polar surface area (TPSA) is 101 Å². The zero-order chi connectivity index (χ0) is 23.7. The van der Waals surface area contributed by atoms with E-state index in [0.29, 0.717) is 16.9 Å². The highest BCUT2D eigenvalue weighted by Gasteiger charge is 2.18. The average Bonchev–Trinajstić information content (AvgIpc) is 3.54.